The molecule has 1 aromatic rings. The molecule has 2 N–H and O–H groups in total. The summed E-state index contributed by atoms with van der Waals surface area (Å²) < 4.78 is 58.4. The van der Waals surface area contributed by atoms with Gasteiger partial charge in [-0.3, -0.25) is 15.0 Å². The Morgan fingerprint density at radius 1 is 1.31 bits per heavy atom. The van der Waals surface area contributed by atoms with Crippen LogP contribution in [0.3, 0.4) is 0 Å². The number of piperidine rings is 1. The average molecular weight is 476 g/mol. The number of halogens is 2. The van der Waals surface area contributed by atoms with Crippen molar-refractivity contribution in [3.63, 3.8) is 0 Å². The predicted molar refractivity (Wildman–Crippen MR) is 113 cm³/mol. The first-order valence-corrected chi connectivity index (χ1v) is 12.4. The lowest BCUT2D eigenvalue weighted by Crippen LogP contribution is -2.60. The number of aryl methyl sites for hydroxylation is 1. The van der Waals surface area contributed by atoms with E-state index in [0.717, 1.165) is 5.56 Å². The number of aromatic nitrogens is 1. The maximum absolute atomic E-state index is 13.4. The van der Waals surface area contributed by atoms with E-state index in [1.54, 1.807) is 12.3 Å². The van der Waals surface area contributed by atoms with Gasteiger partial charge in [-0.05, 0) is 36.8 Å². The van der Waals surface area contributed by atoms with Gasteiger partial charge in [0, 0.05) is 63.9 Å². The van der Waals surface area contributed by atoms with E-state index in [9.17, 15) is 22.0 Å². The van der Waals surface area contributed by atoms with Crippen LogP contribution in [0, 0.1) is 0 Å². The molecule has 0 saturated carbocycles. The highest BCUT2D eigenvalue weighted by molar-refractivity contribution is 7.91. The molecule has 0 unspecified atom stereocenters. The molecular formula is C21H31F2N3O5S. The molecule has 2 saturated heterocycles. The number of carbonyl (C=O) groups excluding carboxylic acids is 1. The monoisotopic (exact) mass is 475 g/mol. The standard InChI is InChI=1S/C21H31F2N3O5S/c1-2-21(22,23)8-5-18-4-3-17(15-24-18)16-6-11-26(12-7-16)32(29,30)20(19(27)25-28)9-13-31-14-10-20/h3-4,15-16,28H,2,5-14H2,1H3,(H,25,27). The van der Waals surface area contributed by atoms with Crippen molar-refractivity contribution in [2.45, 2.75) is 68.5 Å². The third-order valence-corrected chi connectivity index (χ3v) is 9.31. The molecule has 3 heterocycles. The Kier molecular flexibility index (Phi) is 7.85. The van der Waals surface area contributed by atoms with Crippen LogP contribution in [0.4, 0.5) is 8.78 Å². The molecule has 0 bridgehead atoms. The Morgan fingerprint density at radius 3 is 2.50 bits per heavy atom. The fourth-order valence-electron chi connectivity index (χ4n) is 4.39. The lowest BCUT2D eigenvalue weighted by Gasteiger charge is -2.40. The summed E-state index contributed by atoms with van der Waals surface area (Å²) in [5.74, 6) is -3.51. The van der Waals surface area contributed by atoms with E-state index in [2.05, 4.69) is 4.98 Å². The topological polar surface area (TPSA) is 109 Å². The maximum atomic E-state index is 13.4. The first-order chi connectivity index (χ1) is 15.1. The SMILES string of the molecule is CCC(F)(F)CCc1ccc(C2CCN(S(=O)(=O)C3(C(=O)NO)CCOCC3)CC2)cn1. The number of hydroxylamine groups is 1. The van der Waals surface area contributed by atoms with E-state index < -0.39 is 26.6 Å². The fourth-order valence-corrected chi connectivity index (χ4v) is 6.54. The molecule has 0 spiro atoms. The summed E-state index contributed by atoms with van der Waals surface area (Å²) in [5, 5.41) is 9.15. The van der Waals surface area contributed by atoms with Crippen molar-refractivity contribution in [3.8, 4) is 0 Å². The molecule has 2 fully saturated rings. The molecule has 1 amide bonds. The van der Waals surface area contributed by atoms with Crippen molar-refractivity contribution >= 4 is 15.9 Å². The fraction of sp³-hybridized carbons (Fsp3) is 0.714. The van der Waals surface area contributed by atoms with Gasteiger partial charge in [-0.1, -0.05) is 13.0 Å². The van der Waals surface area contributed by atoms with E-state index in [-0.39, 0.29) is 64.3 Å². The first-order valence-electron chi connectivity index (χ1n) is 11.0. The number of ether oxygens (including phenoxy) is 1. The van der Waals surface area contributed by atoms with Crippen LogP contribution < -0.4 is 5.48 Å². The third kappa shape index (κ3) is 5.11. The van der Waals surface area contributed by atoms with Crippen molar-refractivity contribution in [1.82, 2.24) is 14.8 Å². The van der Waals surface area contributed by atoms with Gasteiger partial charge in [-0.2, -0.15) is 0 Å². The van der Waals surface area contributed by atoms with Crippen LogP contribution >= 0.6 is 0 Å². The summed E-state index contributed by atoms with van der Waals surface area (Å²) in [6, 6.07) is 3.63. The Labute approximate surface area is 187 Å². The predicted octanol–water partition coefficient (Wildman–Crippen LogP) is 2.62. The lowest BCUT2D eigenvalue weighted by atomic mass is 9.91. The van der Waals surface area contributed by atoms with Crippen LogP contribution in [0.2, 0.25) is 0 Å². The first kappa shape index (κ1) is 24.9. The van der Waals surface area contributed by atoms with Crippen molar-refractivity contribution < 1.29 is 31.9 Å². The minimum Gasteiger partial charge on any atom is -0.381 e. The quantitative estimate of drug-likeness (QED) is 0.442. The molecule has 0 radical (unpaired) electrons. The van der Waals surface area contributed by atoms with Crippen LogP contribution in [0.15, 0.2) is 18.3 Å². The van der Waals surface area contributed by atoms with Crippen LogP contribution in [0.25, 0.3) is 0 Å². The molecule has 0 atom stereocenters. The van der Waals surface area contributed by atoms with E-state index in [0.29, 0.717) is 18.5 Å². The minimum absolute atomic E-state index is 0.00981. The second kappa shape index (κ2) is 10.1. The van der Waals surface area contributed by atoms with Crippen molar-refractivity contribution in [3.05, 3.63) is 29.6 Å². The molecule has 3 rings (SSSR count). The van der Waals surface area contributed by atoms with Gasteiger partial charge in [-0.15, -0.1) is 0 Å². The highest BCUT2D eigenvalue weighted by Crippen LogP contribution is 2.36. The molecule has 8 nitrogen and oxygen atoms in total. The summed E-state index contributed by atoms with van der Waals surface area (Å²) >= 11 is 0. The van der Waals surface area contributed by atoms with Crippen molar-refractivity contribution in [2.75, 3.05) is 26.3 Å². The molecular weight excluding hydrogens is 444 g/mol. The molecule has 2 aliphatic rings. The summed E-state index contributed by atoms with van der Waals surface area (Å²) in [5.41, 5.74) is 3.08. The zero-order chi connectivity index (χ0) is 23.4. The Balaban J connectivity index is 1.63. The van der Waals surface area contributed by atoms with Gasteiger partial charge in [0.25, 0.3) is 5.91 Å². The Morgan fingerprint density at radius 2 is 1.97 bits per heavy atom. The van der Waals surface area contributed by atoms with Gasteiger partial charge < -0.3 is 4.74 Å². The smallest absolute Gasteiger partial charge is 0.266 e. The highest BCUT2D eigenvalue weighted by Gasteiger charge is 2.54. The average Bonchev–Trinajstić information content (AvgIpc) is 2.83. The number of hydrogen-bond donors (Lipinski definition) is 2. The molecule has 2 aliphatic heterocycles. The van der Waals surface area contributed by atoms with Gasteiger partial charge in [-0.25, -0.2) is 27.0 Å². The summed E-state index contributed by atoms with van der Waals surface area (Å²) in [4.78, 5) is 16.7. The maximum Gasteiger partial charge on any atom is 0.266 e. The Hall–Kier alpha value is -1.69. The number of alkyl halides is 2. The van der Waals surface area contributed by atoms with Gasteiger partial charge >= 0.3 is 0 Å². The molecule has 180 valence electrons. The van der Waals surface area contributed by atoms with E-state index in [1.807, 2.05) is 6.07 Å². The molecule has 1 aromatic heterocycles. The van der Waals surface area contributed by atoms with E-state index in [4.69, 9.17) is 9.94 Å². The number of pyridine rings is 1. The van der Waals surface area contributed by atoms with Crippen LogP contribution in [-0.4, -0.2) is 65.8 Å². The zero-order valence-electron chi connectivity index (χ0n) is 18.2. The number of carbonyl (C=O) groups is 1. The zero-order valence-corrected chi connectivity index (χ0v) is 19.0. The van der Waals surface area contributed by atoms with E-state index in [1.165, 1.54) is 16.7 Å². The largest absolute Gasteiger partial charge is 0.381 e. The number of sulfonamides is 1. The second-order valence-corrected chi connectivity index (χ2v) is 10.8. The second-order valence-electron chi connectivity index (χ2n) is 8.52. The van der Waals surface area contributed by atoms with Gasteiger partial charge in [0.15, 0.2) is 4.75 Å². The number of nitrogens with zero attached hydrogens (tertiary/aromatic N) is 2. The lowest BCUT2D eigenvalue weighted by molar-refractivity contribution is -0.134. The molecule has 0 aliphatic carbocycles. The minimum atomic E-state index is -4.00. The summed E-state index contributed by atoms with van der Waals surface area (Å²) in [6.07, 6.45) is 2.56. The van der Waals surface area contributed by atoms with Gasteiger partial charge in [0.2, 0.25) is 15.9 Å². The third-order valence-electron chi connectivity index (χ3n) is 6.69. The van der Waals surface area contributed by atoms with E-state index >= 15 is 0 Å². The Bertz CT molecular complexity index is 881. The van der Waals surface area contributed by atoms with Crippen LogP contribution in [-0.2, 0) is 26.0 Å². The number of rotatable bonds is 8. The van der Waals surface area contributed by atoms with Gasteiger partial charge in [0.1, 0.15) is 0 Å². The highest BCUT2D eigenvalue weighted by atomic mass is 32.2. The molecule has 0 aromatic carbocycles. The van der Waals surface area contributed by atoms with Crippen molar-refractivity contribution in [2.24, 2.45) is 0 Å². The number of amides is 1. The van der Waals surface area contributed by atoms with Crippen LogP contribution in [0.1, 0.15) is 62.6 Å². The van der Waals surface area contributed by atoms with Crippen LogP contribution in [0.5, 0.6) is 0 Å². The normalized spacial score (nSPS) is 20.8. The number of hydrogen-bond acceptors (Lipinski definition) is 6. The van der Waals surface area contributed by atoms with Gasteiger partial charge in [0.05, 0.1) is 0 Å². The number of nitrogens with one attached hydrogen (secondary N) is 1. The summed E-state index contributed by atoms with van der Waals surface area (Å²) in [6.45, 7) is 2.22. The van der Waals surface area contributed by atoms with Crippen molar-refractivity contribution in [1.29, 1.82) is 0 Å². The molecule has 32 heavy (non-hydrogen) atoms. The summed E-state index contributed by atoms with van der Waals surface area (Å²) in [7, 11) is -4.00. The molecule has 11 heteroatoms.